The molecule has 1 aliphatic rings. The molecule has 1 saturated heterocycles. The van der Waals surface area contributed by atoms with Crippen LogP contribution in [0.25, 0.3) is 0 Å². The summed E-state index contributed by atoms with van der Waals surface area (Å²) in [6, 6.07) is 6.30. The number of anilines is 1. The van der Waals surface area contributed by atoms with E-state index in [2.05, 4.69) is 10.2 Å². The van der Waals surface area contributed by atoms with Crippen molar-refractivity contribution in [1.29, 1.82) is 0 Å². The second-order valence-corrected chi connectivity index (χ2v) is 5.82. The molecule has 22 heavy (non-hydrogen) atoms. The Morgan fingerprint density at radius 1 is 1.23 bits per heavy atom. The van der Waals surface area contributed by atoms with Gasteiger partial charge in [0.2, 0.25) is 11.8 Å². The number of carbonyl (C=O) groups excluding carboxylic acids is 2. The highest BCUT2D eigenvalue weighted by molar-refractivity contribution is 5.96. The molecule has 2 amide bonds. The van der Waals surface area contributed by atoms with Crippen LogP contribution in [0.5, 0.6) is 0 Å². The average molecular weight is 305 g/mol. The van der Waals surface area contributed by atoms with Gasteiger partial charge in [-0.15, -0.1) is 0 Å². The Balaban J connectivity index is 1.97. The van der Waals surface area contributed by atoms with Gasteiger partial charge >= 0.3 is 0 Å². The molecule has 1 heterocycles. The summed E-state index contributed by atoms with van der Waals surface area (Å²) >= 11 is 0. The first-order chi connectivity index (χ1) is 10.4. The van der Waals surface area contributed by atoms with Crippen molar-refractivity contribution in [1.82, 2.24) is 4.90 Å². The molecule has 6 heteroatoms. The molecule has 0 saturated carbocycles. The van der Waals surface area contributed by atoms with Crippen molar-refractivity contribution < 1.29 is 14.3 Å². The molecule has 1 aromatic carbocycles. The Morgan fingerprint density at radius 2 is 1.77 bits per heavy atom. The largest absolute Gasteiger partial charge is 0.373 e. The van der Waals surface area contributed by atoms with Crippen LogP contribution in [0.4, 0.5) is 5.69 Å². The van der Waals surface area contributed by atoms with E-state index in [-0.39, 0.29) is 24.2 Å². The van der Waals surface area contributed by atoms with Gasteiger partial charge in [0.25, 0.3) is 0 Å². The van der Waals surface area contributed by atoms with Crippen LogP contribution in [0.1, 0.15) is 31.1 Å². The number of amides is 2. The number of rotatable bonds is 4. The molecule has 0 spiro atoms. The lowest BCUT2D eigenvalue weighted by Crippen LogP contribution is -2.52. The molecule has 2 rings (SSSR count). The van der Waals surface area contributed by atoms with E-state index in [9.17, 15) is 9.59 Å². The Bertz CT molecular complexity index is 534. The summed E-state index contributed by atoms with van der Waals surface area (Å²) in [6.45, 7) is 7.38. The van der Waals surface area contributed by atoms with E-state index in [0.717, 1.165) is 13.1 Å². The van der Waals surface area contributed by atoms with E-state index < -0.39 is 5.91 Å². The summed E-state index contributed by atoms with van der Waals surface area (Å²) in [4.78, 5) is 25.5. The number of nitrogens with two attached hydrogens (primary N) is 1. The van der Waals surface area contributed by atoms with E-state index in [1.807, 2.05) is 20.8 Å². The Hall–Kier alpha value is -1.92. The third-order valence-corrected chi connectivity index (χ3v) is 3.81. The van der Waals surface area contributed by atoms with Crippen LogP contribution in [0.15, 0.2) is 24.3 Å². The molecule has 1 aliphatic heterocycles. The monoisotopic (exact) mass is 305 g/mol. The lowest BCUT2D eigenvalue weighted by molar-refractivity contribution is -0.126. The summed E-state index contributed by atoms with van der Waals surface area (Å²) < 4.78 is 5.68. The van der Waals surface area contributed by atoms with E-state index in [1.54, 1.807) is 24.3 Å². The van der Waals surface area contributed by atoms with Crippen LogP contribution in [0, 0.1) is 0 Å². The first-order valence-corrected chi connectivity index (χ1v) is 7.47. The average Bonchev–Trinajstić information content (AvgIpc) is 2.46. The maximum absolute atomic E-state index is 12.4. The van der Waals surface area contributed by atoms with Crippen LogP contribution in [-0.2, 0) is 9.53 Å². The zero-order chi connectivity index (χ0) is 16.3. The zero-order valence-corrected chi connectivity index (χ0v) is 13.2. The second kappa shape index (κ2) is 6.89. The van der Waals surface area contributed by atoms with Gasteiger partial charge in [-0.05, 0) is 45.0 Å². The van der Waals surface area contributed by atoms with E-state index in [1.165, 1.54) is 0 Å². The molecule has 0 aromatic heterocycles. The van der Waals surface area contributed by atoms with Crippen LogP contribution in [0.2, 0.25) is 0 Å². The number of hydrogen-bond donors (Lipinski definition) is 2. The van der Waals surface area contributed by atoms with E-state index in [0.29, 0.717) is 11.3 Å². The van der Waals surface area contributed by atoms with Gasteiger partial charge in [0.15, 0.2) is 0 Å². The van der Waals surface area contributed by atoms with Crippen molar-refractivity contribution in [2.45, 2.75) is 39.0 Å². The predicted octanol–water partition coefficient (Wildman–Crippen LogP) is 1.22. The normalized spacial score (nSPS) is 23.8. The number of ether oxygens (including phenoxy) is 1. The van der Waals surface area contributed by atoms with Gasteiger partial charge in [0.1, 0.15) is 0 Å². The summed E-state index contributed by atoms with van der Waals surface area (Å²) in [5.74, 6) is -0.560. The minimum Gasteiger partial charge on any atom is -0.373 e. The molecule has 0 aliphatic carbocycles. The van der Waals surface area contributed by atoms with Gasteiger partial charge in [0, 0.05) is 24.3 Å². The first kappa shape index (κ1) is 16.5. The van der Waals surface area contributed by atoms with Gasteiger partial charge in [-0.1, -0.05) is 0 Å². The number of hydrogen-bond acceptors (Lipinski definition) is 4. The predicted molar refractivity (Wildman–Crippen MR) is 84.6 cm³/mol. The van der Waals surface area contributed by atoms with Crippen molar-refractivity contribution in [3.63, 3.8) is 0 Å². The molecule has 0 unspecified atom stereocenters. The number of primary amides is 1. The molecular formula is C16H23N3O3. The fourth-order valence-electron chi connectivity index (χ4n) is 2.66. The lowest BCUT2D eigenvalue weighted by atomic mass is 10.1. The quantitative estimate of drug-likeness (QED) is 0.876. The van der Waals surface area contributed by atoms with Crippen LogP contribution >= 0.6 is 0 Å². The number of benzene rings is 1. The zero-order valence-electron chi connectivity index (χ0n) is 13.2. The molecule has 120 valence electrons. The fraction of sp³-hybridized carbons (Fsp3) is 0.500. The minimum absolute atomic E-state index is 0.0758. The molecule has 6 nitrogen and oxygen atoms in total. The summed E-state index contributed by atoms with van der Waals surface area (Å²) in [5.41, 5.74) is 6.26. The number of nitrogens with one attached hydrogen (secondary N) is 1. The van der Waals surface area contributed by atoms with E-state index in [4.69, 9.17) is 10.5 Å². The highest BCUT2D eigenvalue weighted by Crippen LogP contribution is 2.15. The van der Waals surface area contributed by atoms with Gasteiger partial charge in [-0.3, -0.25) is 14.5 Å². The van der Waals surface area contributed by atoms with Crippen LogP contribution in [0.3, 0.4) is 0 Å². The third-order valence-electron chi connectivity index (χ3n) is 3.81. The molecular weight excluding hydrogens is 282 g/mol. The first-order valence-electron chi connectivity index (χ1n) is 7.47. The van der Waals surface area contributed by atoms with Gasteiger partial charge < -0.3 is 15.8 Å². The maximum atomic E-state index is 12.4. The summed E-state index contributed by atoms with van der Waals surface area (Å²) in [6.07, 6.45) is 0.239. The molecule has 3 atom stereocenters. The topological polar surface area (TPSA) is 84.7 Å². The molecule has 0 bridgehead atoms. The highest BCUT2D eigenvalue weighted by atomic mass is 16.5. The van der Waals surface area contributed by atoms with Crippen LogP contribution in [-0.4, -0.2) is 48.1 Å². The maximum Gasteiger partial charge on any atom is 0.248 e. The summed E-state index contributed by atoms with van der Waals surface area (Å²) in [7, 11) is 0. The van der Waals surface area contributed by atoms with Gasteiger partial charge in [0.05, 0.1) is 18.2 Å². The number of nitrogens with zero attached hydrogens (tertiary/aromatic N) is 1. The van der Waals surface area contributed by atoms with Crippen molar-refractivity contribution in [2.24, 2.45) is 5.73 Å². The Labute approximate surface area is 130 Å². The molecule has 1 fully saturated rings. The number of morpholine rings is 1. The van der Waals surface area contributed by atoms with Crippen molar-refractivity contribution in [3.05, 3.63) is 29.8 Å². The molecule has 1 aromatic rings. The van der Waals surface area contributed by atoms with Crippen LogP contribution < -0.4 is 11.1 Å². The minimum atomic E-state index is -0.484. The highest BCUT2D eigenvalue weighted by Gasteiger charge is 2.29. The molecule has 3 N–H and O–H groups in total. The lowest BCUT2D eigenvalue weighted by Gasteiger charge is -2.38. The second-order valence-electron chi connectivity index (χ2n) is 5.82. The van der Waals surface area contributed by atoms with Gasteiger partial charge in [-0.2, -0.15) is 0 Å². The number of carbonyl (C=O) groups is 2. The fourth-order valence-corrected chi connectivity index (χ4v) is 2.66. The van der Waals surface area contributed by atoms with Crippen molar-refractivity contribution in [2.75, 3.05) is 18.4 Å². The van der Waals surface area contributed by atoms with Crippen molar-refractivity contribution in [3.8, 4) is 0 Å². The third kappa shape index (κ3) is 4.05. The van der Waals surface area contributed by atoms with E-state index >= 15 is 0 Å². The smallest absolute Gasteiger partial charge is 0.248 e. The van der Waals surface area contributed by atoms with Crippen molar-refractivity contribution >= 4 is 17.5 Å². The standard InChI is InChI=1S/C16H23N3O3/c1-10-8-19(9-11(2)22-10)12(3)16(21)18-14-6-4-13(5-7-14)15(17)20/h4-7,10-12H,8-9H2,1-3H3,(H2,17,20)(H,18,21)/t10-,11-,12-/m0/s1. The Kier molecular flexibility index (Phi) is 5.15. The summed E-state index contributed by atoms with van der Waals surface area (Å²) in [5, 5.41) is 2.86. The Morgan fingerprint density at radius 3 is 2.27 bits per heavy atom. The van der Waals surface area contributed by atoms with Gasteiger partial charge in [-0.25, -0.2) is 0 Å². The SMILES string of the molecule is C[C@H]1CN([C@@H](C)C(=O)Nc2ccc(C(N)=O)cc2)C[C@H](C)O1. The molecule has 0 radical (unpaired) electrons.